The summed E-state index contributed by atoms with van der Waals surface area (Å²) in [6, 6.07) is 7.75. The van der Waals surface area contributed by atoms with Gasteiger partial charge in [0.1, 0.15) is 12.7 Å². The molecule has 31 heavy (non-hydrogen) atoms. The van der Waals surface area contributed by atoms with E-state index in [2.05, 4.69) is 10.3 Å². The van der Waals surface area contributed by atoms with Gasteiger partial charge in [-0.1, -0.05) is 23.7 Å². The van der Waals surface area contributed by atoms with Gasteiger partial charge in [0.25, 0.3) is 5.56 Å². The molecule has 8 nitrogen and oxygen atoms in total. The summed E-state index contributed by atoms with van der Waals surface area (Å²) in [7, 11) is 1.42. The summed E-state index contributed by atoms with van der Waals surface area (Å²) in [4.78, 5) is 36.8. The molecule has 0 unspecified atom stereocenters. The lowest BCUT2D eigenvalue weighted by Crippen LogP contribution is -2.44. The predicted octanol–water partition coefficient (Wildman–Crippen LogP) is 3.29. The number of halogens is 1. The Bertz CT molecular complexity index is 983. The lowest BCUT2D eigenvalue weighted by atomic mass is 10.1. The summed E-state index contributed by atoms with van der Waals surface area (Å²) in [6.07, 6.45) is 1.77. The minimum absolute atomic E-state index is 0.149. The van der Waals surface area contributed by atoms with Gasteiger partial charge < -0.3 is 19.8 Å². The van der Waals surface area contributed by atoms with Crippen molar-refractivity contribution in [2.75, 3.05) is 25.5 Å². The molecular formula is C22H29ClN4O4. The topological polar surface area (TPSA) is 85.7 Å². The van der Waals surface area contributed by atoms with Crippen LogP contribution in [0.2, 0.25) is 5.02 Å². The minimum atomic E-state index is -0.595. The van der Waals surface area contributed by atoms with E-state index in [1.165, 1.54) is 17.6 Å². The molecule has 168 valence electrons. The summed E-state index contributed by atoms with van der Waals surface area (Å²) in [6.45, 7) is 6.66. The standard InChI is InChI=1S/C22H29ClN4O4/c1-22(2,3)31-21(29)26-13-11-18-17(14-26)19(28)27(30-4)20(25-18)24-12-5-6-15-7-9-16(23)10-8-15/h7-10H,5-6,11-14H2,1-4H3,(H,24,25). The minimum Gasteiger partial charge on any atom is -0.444 e. The van der Waals surface area contributed by atoms with Gasteiger partial charge in [0, 0.05) is 24.5 Å². The maximum Gasteiger partial charge on any atom is 0.410 e. The van der Waals surface area contributed by atoms with Crippen LogP contribution in [0.25, 0.3) is 0 Å². The maximum atomic E-state index is 13.0. The Balaban J connectivity index is 1.67. The van der Waals surface area contributed by atoms with Crippen molar-refractivity contribution >= 4 is 23.6 Å². The largest absolute Gasteiger partial charge is 0.444 e. The average molecular weight is 449 g/mol. The number of ether oxygens (including phenoxy) is 1. The van der Waals surface area contributed by atoms with E-state index in [0.717, 1.165) is 22.6 Å². The highest BCUT2D eigenvalue weighted by atomic mass is 35.5. The molecule has 3 rings (SSSR count). The number of nitrogens with zero attached hydrogens (tertiary/aromatic N) is 3. The van der Waals surface area contributed by atoms with Crippen LogP contribution in [0.1, 0.15) is 44.0 Å². The zero-order chi connectivity index (χ0) is 22.6. The number of carbonyl (C=O) groups excluding carboxylic acids is 1. The van der Waals surface area contributed by atoms with E-state index in [1.54, 1.807) is 0 Å². The summed E-state index contributed by atoms with van der Waals surface area (Å²) in [5.74, 6) is 0.369. The first kappa shape index (κ1) is 22.9. The predicted molar refractivity (Wildman–Crippen MR) is 120 cm³/mol. The van der Waals surface area contributed by atoms with E-state index < -0.39 is 11.7 Å². The molecule has 1 aromatic carbocycles. The van der Waals surface area contributed by atoms with Gasteiger partial charge in [0.15, 0.2) is 0 Å². The van der Waals surface area contributed by atoms with Crippen molar-refractivity contribution in [3.8, 4) is 0 Å². The van der Waals surface area contributed by atoms with Crippen molar-refractivity contribution in [1.29, 1.82) is 0 Å². The summed E-state index contributed by atoms with van der Waals surface area (Å²) in [5.41, 5.74) is 1.41. The number of nitrogens with one attached hydrogen (secondary N) is 1. The van der Waals surface area contributed by atoms with Crippen LogP contribution in [0, 0.1) is 0 Å². The average Bonchev–Trinajstić information content (AvgIpc) is 2.71. The second kappa shape index (κ2) is 9.60. The molecule has 0 saturated heterocycles. The fraction of sp³-hybridized carbons (Fsp3) is 0.500. The molecule has 0 fully saturated rings. The molecular weight excluding hydrogens is 420 g/mol. The number of carbonyl (C=O) groups is 1. The Morgan fingerprint density at radius 1 is 1.26 bits per heavy atom. The first-order valence-electron chi connectivity index (χ1n) is 10.3. The van der Waals surface area contributed by atoms with Crippen molar-refractivity contribution in [3.05, 3.63) is 56.5 Å². The van der Waals surface area contributed by atoms with Gasteiger partial charge in [-0.15, -0.1) is 4.73 Å². The van der Waals surface area contributed by atoms with Crippen molar-refractivity contribution in [2.24, 2.45) is 0 Å². The van der Waals surface area contributed by atoms with Gasteiger partial charge >= 0.3 is 6.09 Å². The highest BCUT2D eigenvalue weighted by Gasteiger charge is 2.29. The van der Waals surface area contributed by atoms with Gasteiger partial charge in [-0.2, -0.15) is 0 Å². The molecule has 1 aliphatic heterocycles. The molecule has 1 aromatic heterocycles. The molecule has 0 aliphatic carbocycles. The molecule has 9 heteroatoms. The van der Waals surface area contributed by atoms with E-state index in [1.807, 2.05) is 45.0 Å². The summed E-state index contributed by atoms with van der Waals surface area (Å²) < 4.78 is 6.57. The van der Waals surface area contributed by atoms with Crippen molar-refractivity contribution < 1.29 is 14.4 Å². The Kier molecular flexibility index (Phi) is 7.10. The number of hydrogen-bond acceptors (Lipinski definition) is 6. The van der Waals surface area contributed by atoms with Crippen LogP contribution in [0.3, 0.4) is 0 Å². The van der Waals surface area contributed by atoms with Gasteiger partial charge in [-0.25, -0.2) is 9.78 Å². The Hall–Kier alpha value is -2.74. The number of benzene rings is 1. The highest BCUT2D eigenvalue weighted by Crippen LogP contribution is 2.19. The molecule has 0 saturated carbocycles. The molecule has 1 N–H and O–H groups in total. The van der Waals surface area contributed by atoms with Crippen molar-refractivity contribution in [3.63, 3.8) is 0 Å². The monoisotopic (exact) mass is 448 g/mol. The Morgan fingerprint density at radius 2 is 1.97 bits per heavy atom. The van der Waals surface area contributed by atoms with Crippen LogP contribution in [-0.2, 0) is 24.1 Å². The first-order chi connectivity index (χ1) is 14.7. The zero-order valence-corrected chi connectivity index (χ0v) is 19.2. The SMILES string of the molecule is COn1c(NCCCc2ccc(Cl)cc2)nc2c(c1=O)CN(C(=O)OC(C)(C)C)CC2. The van der Waals surface area contributed by atoms with Gasteiger partial charge in [0.2, 0.25) is 5.95 Å². The third-order valence-electron chi connectivity index (χ3n) is 4.86. The van der Waals surface area contributed by atoms with E-state index >= 15 is 0 Å². The molecule has 1 aliphatic rings. The van der Waals surface area contributed by atoms with Gasteiger partial charge in [-0.3, -0.25) is 4.79 Å². The number of anilines is 1. The van der Waals surface area contributed by atoms with E-state index in [0.29, 0.717) is 36.7 Å². The molecule has 2 aromatic rings. The second-order valence-electron chi connectivity index (χ2n) is 8.45. The molecule has 0 radical (unpaired) electrons. The van der Waals surface area contributed by atoms with E-state index in [4.69, 9.17) is 21.2 Å². The normalized spacial score (nSPS) is 13.5. The molecule has 0 bridgehead atoms. The highest BCUT2D eigenvalue weighted by molar-refractivity contribution is 6.30. The van der Waals surface area contributed by atoms with E-state index in [9.17, 15) is 9.59 Å². The van der Waals surface area contributed by atoms with Crippen LogP contribution in [0.5, 0.6) is 0 Å². The lowest BCUT2D eigenvalue weighted by Gasteiger charge is -2.30. The number of rotatable bonds is 6. The van der Waals surface area contributed by atoms with Crippen LogP contribution in [0.4, 0.5) is 10.7 Å². The number of hydrogen-bond donors (Lipinski definition) is 1. The summed E-state index contributed by atoms with van der Waals surface area (Å²) in [5, 5.41) is 3.91. The van der Waals surface area contributed by atoms with Gasteiger partial charge in [-0.05, 0) is 51.3 Å². The maximum absolute atomic E-state index is 13.0. The van der Waals surface area contributed by atoms with Gasteiger partial charge in [0.05, 0.1) is 17.8 Å². The second-order valence-corrected chi connectivity index (χ2v) is 8.89. The zero-order valence-electron chi connectivity index (χ0n) is 18.4. The number of aromatic nitrogens is 2. The number of fused-ring (bicyclic) bond motifs is 1. The third kappa shape index (κ3) is 5.91. The van der Waals surface area contributed by atoms with Crippen LogP contribution in [-0.4, -0.2) is 46.5 Å². The Morgan fingerprint density at radius 3 is 2.61 bits per heavy atom. The third-order valence-corrected chi connectivity index (χ3v) is 5.12. The number of amides is 1. The van der Waals surface area contributed by atoms with Crippen LogP contribution in [0.15, 0.2) is 29.1 Å². The number of aryl methyl sites for hydroxylation is 1. The molecule has 1 amide bonds. The smallest absolute Gasteiger partial charge is 0.410 e. The van der Waals surface area contributed by atoms with E-state index in [-0.39, 0.29) is 12.1 Å². The van der Waals surface area contributed by atoms with Crippen LogP contribution >= 0.6 is 11.6 Å². The first-order valence-corrected chi connectivity index (χ1v) is 10.7. The molecule has 0 spiro atoms. The fourth-order valence-corrected chi connectivity index (χ4v) is 3.49. The van der Waals surface area contributed by atoms with Crippen molar-refractivity contribution in [1.82, 2.24) is 14.6 Å². The molecule has 0 atom stereocenters. The Labute approximate surface area is 187 Å². The lowest BCUT2D eigenvalue weighted by molar-refractivity contribution is 0.0219. The quantitative estimate of drug-likeness (QED) is 0.682. The summed E-state index contributed by atoms with van der Waals surface area (Å²) >= 11 is 5.92. The molecule has 2 heterocycles. The van der Waals surface area contributed by atoms with Crippen LogP contribution < -0.4 is 15.7 Å². The van der Waals surface area contributed by atoms with Crippen molar-refractivity contribution in [2.45, 2.75) is 52.2 Å². The fourth-order valence-electron chi connectivity index (χ4n) is 3.37.